The van der Waals surface area contributed by atoms with Crippen molar-refractivity contribution in [2.75, 3.05) is 6.61 Å². The molecule has 0 aromatic heterocycles. The van der Waals surface area contributed by atoms with E-state index < -0.39 is 0 Å². The van der Waals surface area contributed by atoms with Crippen molar-refractivity contribution >= 4 is 54.2 Å². The zero-order chi connectivity index (χ0) is 26.6. The number of carbonyl (C=O) groups excluding carboxylic acids is 1. The van der Waals surface area contributed by atoms with Gasteiger partial charge in [0.15, 0.2) is 0 Å². The van der Waals surface area contributed by atoms with Gasteiger partial charge in [0.2, 0.25) is 0 Å². The molecule has 0 aliphatic heterocycles. The smallest absolute Gasteiger partial charge is 0.338 e. The number of rotatable bonds is 2. The molecule has 0 aliphatic rings. The zero-order valence-electron chi connectivity index (χ0n) is 23.0. The Morgan fingerprint density at radius 2 is 1.28 bits per heavy atom. The molecule has 0 radical (unpaired) electrons. The first-order valence-electron chi connectivity index (χ1n) is 12.7. The standard InChI is InChI=1S/C33H37BrO2/c1-10-36-31(35)21-11-12-25-27-17-24(33(7,8)9)18-28(20(27)3)30(34)15-22-13-23(32(4,5)6)16-26(19(22)2)29(25)14-21/h11-18H,10H2,1-9H3. The van der Waals surface area contributed by atoms with Gasteiger partial charge in [-0.1, -0.05) is 81.7 Å². The summed E-state index contributed by atoms with van der Waals surface area (Å²) in [6.07, 6.45) is 0. The Hall–Kier alpha value is -2.65. The van der Waals surface area contributed by atoms with E-state index in [1.54, 1.807) is 0 Å². The molecule has 0 amide bonds. The van der Waals surface area contributed by atoms with Gasteiger partial charge in [0, 0.05) is 4.47 Å². The maximum absolute atomic E-state index is 12.8. The lowest BCUT2D eigenvalue weighted by Gasteiger charge is -2.23. The molecule has 4 aromatic carbocycles. The number of halogens is 1. The second-order valence-corrected chi connectivity index (χ2v) is 12.8. The summed E-state index contributed by atoms with van der Waals surface area (Å²) in [5.41, 5.74) is 5.50. The molecule has 4 bridgehead atoms. The van der Waals surface area contributed by atoms with Crippen LogP contribution in [0.25, 0.3) is 32.3 Å². The van der Waals surface area contributed by atoms with Crippen molar-refractivity contribution in [3.05, 3.63) is 80.8 Å². The number of ether oxygens (including phenoxy) is 1. The fourth-order valence-corrected chi connectivity index (χ4v) is 5.49. The minimum Gasteiger partial charge on any atom is -0.462 e. The van der Waals surface area contributed by atoms with Crippen molar-refractivity contribution in [1.82, 2.24) is 0 Å². The molecular weight excluding hydrogens is 508 g/mol. The maximum atomic E-state index is 12.8. The van der Waals surface area contributed by atoms with Crippen LogP contribution in [0.1, 0.15) is 81.1 Å². The summed E-state index contributed by atoms with van der Waals surface area (Å²) in [5.74, 6) is -0.286. The van der Waals surface area contributed by atoms with Crippen LogP contribution in [0.5, 0.6) is 0 Å². The molecule has 0 atom stereocenters. The van der Waals surface area contributed by atoms with E-state index in [-0.39, 0.29) is 16.8 Å². The number of fused-ring (bicyclic) bond motifs is 7. The average Bonchev–Trinajstić information content (AvgIpc) is 2.78. The third-order valence-corrected chi connectivity index (χ3v) is 7.89. The highest BCUT2D eigenvalue weighted by Gasteiger charge is 2.20. The van der Waals surface area contributed by atoms with Gasteiger partial charge in [-0.05, 0) is 110 Å². The van der Waals surface area contributed by atoms with E-state index in [2.05, 4.69) is 108 Å². The molecule has 36 heavy (non-hydrogen) atoms. The van der Waals surface area contributed by atoms with Crippen molar-refractivity contribution in [3.8, 4) is 0 Å². The Morgan fingerprint density at radius 3 is 1.86 bits per heavy atom. The van der Waals surface area contributed by atoms with E-state index in [0.717, 1.165) is 20.6 Å². The number of hydrogen-bond donors (Lipinski definition) is 0. The van der Waals surface area contributed by atoms with E-state index in [4.69, 9.17) is 4.74 Å². The van der Waals surface area contributed by atoms with Crippen molar-refractivity contribution in [2.45, 2.75) is 73.1 Å². The fourth-order valence-electron chi connectivity index (χ4n) is 4.83. The van der Waals surface area contributed by atoms with E-state index >= 15 is 0 Å². The first kappa shape index (κ1) is 26.4. The first-order chi connectivity index (χ1) is 16.7. The average molecular weight is 546 g/mol. The zero-order valence-corrected chi connectivity index (χ0v) is 24.6. The van der Waals surface area contributed by atoms with Crippen LogP contribution in [-0.4, -0.2) is 12.6 Å². The first-order valence-corrected chi connectivity index (χ1v) is 13.5. The summed E-state index contributed by atoms with van der Waals surface area (Å²) >= 11 is 3.95. The lowest BCUT2D eigenvalue weighted by molar-refractivity contribution is 0.0526. The quantitative estimate of drug-likeness (QED) is 0.234. The third-order valence-electron chi connectivity index (χ3n) is 7.24. The molecule has 0 spiro atoms. The van der Waals surface area contributed by atoms with E-state index in [1.807, 2.05) is 19.1 Å². The van der Waals surface area contributed by atoms with Crippen molar-refractivity contribution in [2.24, 2.45) is 0 Å². The summed E-state index contributed by atoms with van der Waals surface area (Å²) in [7, 11) is 0. The van der Waals surface area contributed by atoms with E-state index in [1.165, 1.54) is 38.4 Å². The number of aryl methyl sites for hydroxylation is 2. The molecule has 3 heteroatoms. The lowest BCUT2D eigenvalue weighted by Crippen LogP contribution is -2.11. The third kappa shape index (κ3) is 4.83. The molecule has 0 saturated heterocycles. The van der Waals surface area contributed by atoms with Crippen LogP contribution in [0.3, 0.4) is 0 Å². The van der Waals surface area contributed by atoms with Crippen LogP contribution in [0.4, 0.5) is 0 Å². The van der Waals surface area contributed by atoms with Gasteiger partial charge in [0.05, 0.1) is 12.2 Å². The summed E-state index contributed by atoms with van der Waals surface area (Å²) in [6.45, 7) is 20.1. The number of hydrogen-bond acceptors (Lipinski definition) is 2. The molecule has 0 aliphatic carbocycles. The molecule has 0 fully saturated rings. The van der Waals surface area contributed by atoms with Gasteiger partial charge in [0.1, 0.15) is 0 Å². The van der Waals surface area contributed by atoms with Crippen molar-refractivity contribution < 1.29 is 9.53 Å². The highest BCUT2D eigenvalue weighted by atomic mass is 79.9. The van der Waals surface area contributed by atoms with Crippen LogP contribution in [0.2, 0.25) is 0 Å². The normalized spacial score (nSPS) is 12.4. The summed E-state index contributed by atoms with van der Waals surface area (Å²) in [6, 6.07) is 17.5. The molecule has 0 N–H and O–H groups in total. The SMILES string of the molecule is CCOC(=O)c1ccc2c3cc(C(C)(C)C)cc(c(Br)cc4cc(C(C)(C)C)cc(c4C)c2c1)c3C. The number of benzene rings is 3. The largest absolute Gasteiger partial charge is 0.462 e. The minimum atomic E-state index is -0.286. The molecule has 188 valence electrons. The van der Waals surface area contributed by atoms with Crippen LogP contribution in [-0.2, 0) is 15.6 Å². The van der Waals surface area contributed by atoms with Gasteiger partial charge in [-0.25, -0.2) is 4.79 Å². The number of esters is 1. The second kappa shape index (κ2) is 9.34. The van der Waals surface area contributed by atoms with Crippen LogP contribution in [0, 0.1) is 13.8 Å². The fraction of sp³-hybridized carbons (Fsp3) is 0.364. The van der Waals surface area contributed by atoms with Crippen LogP contribution < -0.4 is 0 Å². The van der Waals surface area contributed by atoms with Gasteiger partial charge in [0.25, 0.3) is 0 Å². The van der Waals surface area contributed by atoms with E-state index in [0.29, 0.717) is 12.2 Å². The van der Waals surface area contributed by atoms with Gasteiger partial charge in [-0.3, -0.25) is 0 Å². The van der Waals surface area contributed by atoms with Gasteiger partial charge in [-0.2, -0.15) is 0 Å². The molecule has 0 unspecified atom stereocenters. The predicted molar refractivity (Wildman–Crippen MR) is 158 cm³/mol. The molecular formula is C33H37BrO2. The van der Waals surface area contributed by atoms with Crippen LogP contribution >= 0.6 is 15.9 Å². The van der Waals surface area contributed by atoms with Crippen molar-refractivity contribution in [1.29, 1.82) is 0 Å². The molecule has 4 rings (SSSR count). The maximum Gasteiger partial charge on any atom is 0.338 e. The highest BCUT2D eigenvalue weighted by molar-refractivity contribution is 9.10. The molecule has 0 heterocycles. The van der Waals surface area contributed by atoms with Crippen molar-refractivity contribution in [3.63, 3.8) is 0 Å². The second-order valence-electron chi connectivity index (χ2n) is 11.9. The predicted octanol–water partition coefficient (Wildman–Crippen LogP) is 9.86. The lowest BCUT2D eigenvalue weighted by atomic mass is 9.82. The van der Waals surface area contributed by atoms with Gasteiger partial charge >= 0.3 is 5.97 Å². The Kier molecular flexibility index (Phi) is 6.85. The Bertz CT molecular complexity index is 1550. The van der Waals surface area contributed by atoms with Gasteiger partial charge in [-0.15, -0.1) is 0 Å². The molecule has 2 nitrogen and oxygen atoms in total. The summed E-state index contributed by atoms with van der Waals surface area (Å²) in [5, 5.41) is 6.92. The summed E-state index contributed by atoms with van der Waals surface area (Å²) < 4.78 is 6.46. The highest BCUT2D eigenvalue weighted by Crippen LogP contribution is 2.38. The molecule has 0 saturated carbocycles. The van der Waals surface area contributed by atoms with E-state index in [9.17, 15) is 4.79 Å². The number of carbonyl (C=O) groups is 1. The Labute approximate surface area is 223 Å². The topological polar surface area (TPSA) is 26.3 Å². The molecule has 4 aromatic rings. The summed E-state index contributed by atoms with van der Waals surface area (Å²) in [4.78, 5) is 12.8. The monoisotopic (exact) mass is 544 g/mol. The Morgan fingerprint density at radius 1 is 0.722 bits per heavy atom. The van der Waals surface area contributed by atoms with Gasteiger partial charge < -0.3 is 4.74 Å². The van der Waals surface area contributed by atoms with Crippen LogP contribution in [0.15, 0.2) is 53.0 Å². The minimum absolute atomic E-state index is 0.0107. The Balaban J connectivity index is 2.37.